The summed E-state index contributed by atoms with van der Waals surface area (Å²) in [6.07, 6.45) is 0. The van der Waals surface area contributed by atoms with Gasteiger partial charge in [-0.3, -0.25) is 10.1 Å². The monoisotopic (exact) mass is 213 g/mol. The van der Waals surface area contributed by atoms with Crippen molar-refractivity contribution in [1.29, 1.82) is 0 Å². The molecule has 0 saturated carbocycles. The molecule has 1 aromatic rings. The van der Waals surface area contributed by atoms with E-state index in [1.165, 1.54) is 6.07 Å². The number of rotatable bonds is 4. The van der Waals surface area contributed by atoms with Crippen LogP contribution < -0.4 is 11.1 Å². The smallest absolute Gasteiger partial charge is 0.306 e. The molecule has 0 saturated heterocycles. The minimum atomic E-state index is -0.842. The number of halogens is 1. The second-order valence-corrected chi connectivity index (χ2v) is 3.20. The molecule has 1 rings (SSSR count). The van der Waals surface area contributed by atoms with E-state index in [9.17, 15) is 14.5 Å². The minimum absolute atomic E-state index is 0.0185. The molecule has 15 heavy (non-hydrogen) atoms. The van der Waals surface area contributed by atoms with Crippen LogP contribution in [0.1, 0.15) is 6.92 Å². The maximum absolute atomic E-state index is 12.9. The summed E-state index contributed by atoms with van der Waals surface area (Å²) in [5.74, 6) is -0.842. The van der Waals surface area contributed by atoms with Gasteiger partial charge >= 0.3 is 5.69 Å². The SMILES string of the molecule is CC(CN)Nc1ccc(F)c([N+](=O)[O-])c1. The highest BCUT2D eigenvalue weighted by atomic mass is 19.1. The number of nitrogens with one attached hydrogen (secondary N) is 1. The van der Waals surface area contributed by atoms with Gasteiger partial charge in [0.15, 0.2) is 0 Å². The van der Waals surface area contributed by atoms with Gasteiger partial charge in [-0.1, -0.05) is 0 Å². The van der Waals surface area contributed by atoms with Crippen molar-refractivity contribution in [1.82, 2.24) is 0 Å². The summed E-state index contributed by atoms with van der Waals surface area (Å²) in [4.78, 5) is 9.69. The molecule has 0 fully saturated rings. The zero-order valence-electron chi connectivity index (χ0n) is 8.24. The molecule has 0 bridgehead atoms. The van der Waals surface area contributed by atoms with Crippen LogP contribution in [0.2, 0.25) is 0 Å². The average Bonchev–Trinajstić information content (AvgIpc) is 2.20. The fourth-order valence-electron chi connectivity index (χ4n) is 1.09. The third kappa shape index (κ3) is 2.88. The number of nitro groups is 1. The van der Waals surface area contributed by atoms with E-state index < -0.39 is 16.4 Å². The first kappa shape index (κ1) is 11.4. The Morgan fingerprint density at radius 1 is 1.67 bits per heavy atom. The molecule has 3 N–H and O–H groups in total. The minimum Gasteiger partial charge on any atom is -0.381 e. The zero-order valence-corrected chi connectivity index (χ0v) is 8.24. The zero-order chi connectivity index (χ0) is 11.4. The van der Waals surface area contributed by atoms with Crippen LogP contribution >= 0.6 is 0 Å². The van der Waals surface area contributed by atoms with Crippen molar-refractivity contribution in [3.8, 4) is 0 Å². The lowest BCUT2D eigenvalue weighted by Gasteiger charge is -2.12. The number of anilines is 1. The molecule has 5 nitrogen and oxygen atoms in total. The Bertz CT molecular complexity index is 370. The van der Waals surface area contributed by atoms with E-state index in [-0.39, 0.29) is 6.04 Å². The predicted molar refractivity (Wildman–Crippen MR) is 55.2 cm³/mol. The number of hydrogen-bond acceptors (Lipinski definition) is 4. The fraction of sp³-hybridized carbons (Fsp3) is 0.333. The second kappa shape index (κ2) is 4.70. The number of nitro benzene ring substituents is 1. The van der Waals surface area contributed by atoms with Gasteiger partial charge in [0, 0.05) is 24.3 Å². The normalized spacial score (nSPS) is 12.2. The van der Waals surface area contributed by atoms with Gasteiger partial charge in [0.1, 0.15) is 0 Å². The van der Waals surface area contributed by atoms with Crippen molar-refractivity contribution >= 4 is 11.4 Å². The summed E-state index contributed by atoms with van der Waals surface area (Å²) >= 11 is 0. The van der Waals surface area contributed by atoms with Crippen LogP contribution in [0.4, 0.5) is 15.8 Å². The van der Waals surface area contributed by atoms with Crippen molar-refractivity contribution in [3.63, 3.8) is 0 Å². The van der Waals surface area contributed by atoms with E-state index in [2.05, 4.69) is 5.32 Å². The molecule has 82 valence electrons. The summed E-state index contributed by atoms with van der Waals surface area (Å²) in [6.45, 7) is 2.22. The summed E-state index contributed by atoms with van der Waals surface area (Å²) < 4.78 is 12.9. The molecule has 0 heterocycles. The Morgan fingerprint density at radius 3 is 2.87 bits per heavy atom. The third-order valence-corrected chi connectivity index (χ3v) is 1.91. The molecule has 0 aliphatic rings. The molecule has 0 radical (unpaired) electrons. The van der Waals surface area contributed by atoms with Gasteiger partial charge in [0.05, 0.1) is 4.92 Å². The van der Waals surface area contributed by atoms with E-state index >= 15 is 0 Å². The van der Waals surface area contributed by atoms with Crippen LogP contribution in [0.25, 0.3) is 0 Å². The molecule has 0 aromatic heterocycles. The van der Waals surface area contributed by atoms with Gasteiger partial charge in [0.25, 0.3) is 0 Å². The molecule has 1 atom stereocenters. The molecule has 0 spiro atoms. The Kier molecular flexibility index (Phi) is 3.56. The third-order valence-electron chi connectivity index (χ3n) is 1.91. The standard InChI is InChI=1S/C9H12FN3O2/c1-6(5-11)12-7-2-3-8(10)9(4-7)13(14)15/h2-4,6,12H,5,11H2,1H3. The summed E-state index contributed by atoms with van der Waals surface area (Å²) in [5, 5.41) is 13.4. The Labute approximate surface area is 86.2 Å². The van der Waals surface area contributed by atoms with E-state index in [0.717, 1.165) is 12.1 Å². The highest BCUT2D eigenvalue weighted by Gasteiger charge is 2.14. The van der Waals surface area contributed by atoms with Gasteiger partial charge in [-0.2, -0.15) is 4.39 Å². The van der Waals surface area contributed by atoms with Gasteiger partial charge < -0.3 is 11.1 Å². The highest BCUT2D eigenvalue weighted by Crippen LogP contribution is 2.21. The van der Waals surface area contributed by atoms with Crippen LogP contribution in [-0.4, -0.2) is 17.5 Å². The Hall–Kier alpha value is -1.69. The highest BCUT2D eigenvalue weighted by molar-refractivity contribution is 5.52. The maximum atomic E-state index is 12.9. The summed E-state index contributed by atoms with van der Waals surface area (Å²) in [6, 6.07) is 3.63. The maximum Gasteiger partial charge on any atom is 0.306 e. The molecule has 0 aliphatic heterocycles. The summed E-state index contributed by atoms with van der Waals surface area (Å²) in [5.41, 5.74) is 5.33. The van der Waals surface area contributed by atoms with Crippen molar-refractivity contribution in [2.45, 2.75) is 13.0 Å². The van der Waals surface area contributed by atoms with E-state index in [0.29, 0.717) is 12.2 Å². The molecule has 1 aromatic carbocycles. The summed E-state index contributed by atoms with van der Waals surface area (Å²) in [7, 11) is 0. The lowest BCUT2D eigenvalue weighted by atomic mass is 10.2. The van der Waals surface area contributed by atoms with E-state index in [4.69, 9.17) is 5.73 Å². The first-order valence-electron chi connectivity index (χ1n) is 4.45. The number of hydrogen-bond donors (Lipinski definition) is 2. The lowest BCUT2D eigenvalue weighted by molar-refractivity contribution is -0.387. The molecular formula is C9H12FN3O2. The topological polar surface area (TPSA) is 81.2 Å². The number of nitrogens with zero attached hydrogens (tertiary/aromatic N) is 1. The second-order valence-electron chi connectivity index (χ2n) is 3.20. The largest absolute Gasteiger partial charge is 0.381 e. The van der Waals surface area contributed by atoms with Gasteiger partial charge in [0.2, 0.25) is 5.82 Å². The molecule has 0 aliphatic carbocycles. The quantitative estimate of drug-likeness (QED) is 0.586. The molecule has 6 heteroatoms. The Balaban J connectivity index is 2.92. The van der Waals surface area contributed by atoms with E-state index in [1.54, 1.807) is 0 Å². The lowest BCUT2D eigenvalue weighted by Crippen LogP contribution is -2.25. The van der Waals surface area contributed by atoms with Crippen molar-refractivity contribution < 1.29 is 9.31 Å². The van der Waals surface area contributed by atoms with Crippen LogP contribution in [0, 0.1) is 15.9 Å². The number of nitrogens with two attached hydrogens (primary N) is 1. The van der Waals surface area contributed by atoms with Gasteiger partial charge in [-0.25, -0.2) is 0 Å². The average molecular weight is 213 g/mol. The van der Waals surface area contributed by atoms with Gasteiger partial charge in [-0.15, -0.1) is 0 Å². The van der Waals surface area contributed by atoms with Crippen molar-refractivity contribution in [2.75, 3.05) is 11.9 Å². The first-order valence-corrected chi connectivity index (χ1v) is 4.45. The fourth-order valence-corrected chi connectivity index (χ4v) is 1.09. The van der Waals surface area contributed by atoms with Crippen molar-refractivity contribution in [2.24, 2.45) is 5.73 Å². The van der Waals surface area contributed by atoms with E-state index in [1.807, 2.05) is 6.92 Å². The van der Waals surface area contributed by atoms with Crippen LogP contribution in [0.15, 0.2) is 18.2 Å². The predicted octanol–water partition coefficient (Wildman–Crippen LogP) is 1.49. The van der Waals surface area contributed by atoms with Crippen LogP contribution in [-0.2, 0) is 0 Å². The van der Waals surface area contributed by atoms with Gasteiger partial charge in [-0.05, 0) is 19.1 Å². The number of benzene rings is 1. The van der Waals surface area contributed by atoms with Crippen LogP contribution in [0.5, 0.6) is 0 Å². The molecule has 0 amide bonds. The van der Waals surface area contributed by atoms with Crippen molar-refractivity contribution in [3.05, 3.63) is 34.1 Å². The molecular weight excluding hydrogens is 201 g/mol. The Morgan fingerprint density at radius 2 is 2.33 bits per heavy atom. The first-order chi connectivity index (χ1) is 7.04. The molecule has 1 unspecified atom stereocenters. The van der Waals surface area contributed by atoms with Crippen LogP contribution in [0.3, 0.4) is 0 Å².